The zero-order valence-electron chi connectivity index (χ0n) is 12.1. The van der Waals surface area contributed by atoms with Gasteiger partial charge in [0.2, 0.25) is 5.91 Å². The van der Waals surface area contributed by atoms with Crippen LogP contribution in [0.1, 0.15) is 18.3 Å². The topological polar surface area (TPSA) is 93.4 Å². The number of nitrogen functional groups attached to an aromatic ring is 1. The van der Waals surface area contributed by atoms with Crippen molar-refractivity contribution >= 4 is 17.5 Å². The SMILES string of the molecule is CCNC(=O)C1COCCN1c1nc(C)nc(N)c1C. The van der Waals surface area contributed by atoms with Crippen LogP contribution >= 0.6 is 0 Å². The average Bonchev–Trinajstić information content (AvgIpc) is 2.43. The smallest absolute Gasteiger partial charge is 0.245 e. The van der Waals surface area contributed by atoms with Crippen molar-refractivity contribution in [3.8, 4) is 0 Å². The zero-order chi connectivity index (χ0) is 14.7. The lowest BCUT2D eigenvalue weighted by Crippen LogP contribution is -2.54. The monoisotopic (exact) mass is 279 g/mol. The van der Waals surface area contributed by atoms with Crippen LogP contribution in [0.25, 0.3) is 0 Å². The van der Waals surface area contributed by atoms with Gasteiger partial charge in [-0.2, -0.15) is 0 Å². The molecule has 0 saturated carbocycles. The number of hydrogen-bond acceptors (Lipinski definition) is 6. The van der Waals surface area contributed by atoms with E-state index in [0.717, 1.165) is 11.4 Å². The molecule has 1 amide bonds. The molecule has 1 aliphatic heterocycles. The summed E-state index contributed by atoms with van der Waals surface area (Å²) in [6, 6.07) is -0.379. The number of ether oxygens (including phenoxy) is 1. The van der Waals surface area contributed by atoms with Crippen LogP contribution in [0.15, 0.2) is 0 Å². The average molecular weight is 279 g/mol. The zero-order valence-corrected chi connectivity index (χ0v) is 12.1. The van der Waals surface area contributed by atoms with Gasteiger partial charge < -0.3 is 20.7 Å². The number of anilines is 2. The van der Waals surface area contributed by atoms with Crippen LogP contribution in [0, 0.1) is 13.8 Å². The molecule has 3 N–H and O–H groups in total. The van der Waals surface area contributed by atoms with Crippen LogP contribution in [-0.4, -0.2) is 48.2 Å². The number of nitrogens with zero attached hydrogens (tertiary/aromatic N) is 3. The maximum atomic E-state index is 12.2. The first-order valence-electron chi connectivity index (χ1n) is 6.77. The summed E-state index contributed by atoms with van der Waals surface area (Å²) in [5.74, 6) is 1.72. The lowest BCUT2D eigenvalue weighted by Gasteiger charge is -2.36. The number of carbonyl (C=O) groups is 1. The fourth-order valence-electron chi connectivity index (χ4n) is 2.28. The van der Waals surface area contributed by atoms with Gasteiger partial charge in [-0.15, -0.1) is 0 Å². The molecule has 110 valence electrons. The van der Waals surface area contributed by atoms with Gasteiger partial charge in [0.15, 0.2) is 0 Å². The Bertz CT molecular complexity index is 506. The van der Waals surface area contributed by atoms with E-state index in [1.54, 1.807) is 6.92 Å². The van der Waals surface area contributed by atoms with Gasteiger partial charge in [-0.3, -0.25) is 4.79 Å². The molecule has 7 nitrogen and oxygen atoms in total. The van der Waals surface area contributed by atoms with Crippen molar-refractivity contribution in [3.05, 3.63) is 11.4 Å². The number of nitrogens with one attached hydrogen (secondary N) is 1. The number of amides is 1. The number of rotatable bonds is 3. The Hall–Kier alpha value is -1.89. The van der Waals surface area contributed by atoms with Crippen molar-refractivity contribution < 1.29 is 9.53 Å². The number of nitrogens with two attached hydrogens (primary N) is 1. The molecule has 2 heterocycles. The number of likely N-dealkylation sites (N-methyl/N-ethyl adjacent to an activating group) is 1. The second-order valence-electron chi connectivity index (χ2n) is 4.78. The first-order valence-corrected chi connectivity index (χ1v) is 6.77. The minimum absolute atomic E-state index is 0.0542. The van der Waals surface area contributed by atoms with E-state index >= 15 is 0 Å². The Kier molecular flexibility index (Phi) is 4.39. The van der Waals surface area contributed by atoms with Gasteiger partial charge in [-0.1, -0.05) is 0 Å². The summed E-state index contributed by atoms with van der Waals surface area (Å²) in [5.41, 5.74) is 6.70. The Morgan fingerprint density at radius 2 is 2.25 bits per heavy atom. The van der Waals surface area contributed by atoms with Crippen molar-refractivity contribution in [2.24, 2.45) is 0 Å². The molecule has 1 aromatic rings. The van der Waals surface area contributed by atoms with E-state index in [-0.39, 0.29) is 11.9 Å². The standard InChI is InChI=1S/C13H21N5O2/c1-4-15-13(19)10-7-20-6-5-18(10)12-8(2)11(14)16-9(3)17-12/h10H,4-7H2,1-3H3,(H,15,19)(H2,14,16,17). The van der Waals surface area contributed by atoms with Crippen molar-refractivity contribution in [1.29, 1.82) is 0 Å². The highest BCUT2D eigenvalue weighted by atomic mass is 16.5. The van der Waals surface area contributed by atoms with Gasteiger partial charge in [-0.25, -0.2) is 9.97 Å². The third-order valence-corrected chi connectivity index (χ3v) is 3.32. The van der Waals surface area contributed by atoms with E-state index < -0.39 is 0 Å². The first-order chi connectivity index (χ1) is 9.54. The predicted molar refractivity (Wildman–Crippen MR) is 76.6 cm³/mol. The first kappa shape index (κ1) is 14.5. The molecule has 0 radical (unpaired) electrons. The highest BCUT2D eigenvalue weighted by molar-refractivity contribution is 5.85. The quantitative estimate of drug-likeness (QED) is 0.810. The van der Waals surface area contributed by atoms with Crippen LogP contribution in [0.3, 0.4) is 0 Å². The third kappa shape index (κ3) is 2.82. The molecule has 1 unspecified atom stereocenters. The van der Waals surface area contributed by atoms with Crippen molar-refractivity contribution in [2.45, 2.75) is 26.8 Å². The van der Waals surface area contributed by atoms with E-state index in [0.29, 0.717) is 37.9 Å². The minimum Gasteiger partial charge on any atom is -0.383 e. The highest BCUT2D eigenvalue weighted by Crippen LogP contribution is 2.24. The summed E-state index contributed by atoms with van der Waals surface area (Å²) in [4.78, 5) is 22.7. The van der Waals surface area contributed by atoms with Crippen molar-refractivity contribution in [1.82, 2.24) is 15.3 Å². The van der Waals surface area contributed by atoms with Crippen LogP contribution < -0.4 is 16.0 Å². The maximum absolute atomic E-state index is 12.2. The fraction of sp³-hybridized carbons (Fsp3) is 0.615. The molecule has 1 aliphatic rings. The van der Waals surface area contributed by atoms with E-state index in [4.69, 9.17) is 10.5 Å². The van der Waals surface area contributed by atoms with Gasteiger partial charge in [0.05, 0.1) is 13.2 Å². The summed E-state index contributed by atoms with van der Waals surface area (Å²) in [6.45, 7) is 7.68. The molecule has 0 bridgehead atoms. The van der Waals surface area contributed by atoms with E-state index in [2.05, 4.69) is 15.3 Å². The van der Waals surface area contributed by atoms with Gasteiger partial charge >= 0.3 is 0 Å². The molecule has 20 heavy (non-hydrogen) atoms. The lowest BCUT2D eigenvalue weighted by molar-refractivity contribution is -0.124. The summed E-state index contributed by atoms with van der Waals surface area (Å²) < 4.78 is 5.42. The van der Waals surface area contributed by atoms with Gasteiger partial charge in [0, 0.05) is 18.7 Å². The largest absolute Gasteiger partial charge is 0.383 e. The number of aromatic nitrogens is 2. The van der Waals surface area contributed by atoms with Crippen LogP contribution in [0.4, 0.5) is 11.6 Å². The van der Waals surface area contributed by atoms with E-state index in [1.165, 1.54) is 0 Å². The molecular formula is C13H21N5O2. The molecule has 1 aromatic heterocycles. The number of carbonyl (C=O) groups excluding carboxylic acids is 1. The van der Waals surface area contributed by atoms with Crippen LogP contribution in [-0.2, 0) is 9.53 Å². The molecule has 7 heteroatoms. The van der Waals surface area contributed by atoms with E-state index in [9.17, 15) is 4.79 Å². The Labute approximate surface area is 118 Å². The molecule has 0 aliphatic carbocycles. The van der Waals surface area contributed by atoms with Gasteiger partial charge in [0.25, 0.3) is 0 Å². The summed E-state index contributed by atoms with van der Waals surface area (Å²) in [5, 5.41) is 2.83. The summed E-state index contributed by atoms with van der Waals surface area (Å²) in [6.07, 6.45) is 0. The molecular weight excluding hydrogens is 258 g/mol. The van der Waals surface area contributed by atoms with Crippen molar-refractivity contribution in [3.63, 3.8) is 0 Å². The Balaban J connectivity index is 2.35. The minimum atomic E-state index is -0.379. The van der Waals surface area contributed by atoms with Crippen LogP contribution in [0.2, 0.25) is 0 Å². The molecule has 2 rings (SSSR count). The fourth-order valence-corrected chi connectivity index (χ4v) is 2.28. The van der Waals surface area contributed by atoms with Crippen molar-refractivity contribution in [2.75, 3.05) is 36.9 Å². The second-order valence-corrected chi connectivity index (χ2v) is 4.78. The number of morpholine rings is 1. The summed E-state index contributed by atoms with van der Waals surface area (Å²) in [7, 11) is 0. The highest BCUT2D eigenvalue weighted by Gasteiger charge is 2.31. The maximum Gasteiger partial charge on any atom is 0.245 e. The summed E-state index contributed by atoms with van der Waals surface area (Å²) >= 11 is 0. The molecule has 0 spiro atoms. The number of aryl methyl sites for hydroxylation is 1. The second kappa shape index (κ2) is 6.04. The third-order valence-electron chi connectivity index (χ3n) is 3.32. The lowest BCUT2D eigenvalue weighted by atomic mass is 10.1. The molecule has 0 aromatic carbocycles. The molecule has 1 atom stereocenters. The van der Waals surface area contributed by atoms with Gasteiger partial charge in [-0.05, 0) is 20.8 Å². The van der Waals surface area contributed by atoms with Gasteiger partial charge in [0.1, 0.15) is 23.5 Å². The normalized spacial score (nSPS) is 18.9. The van der Waals surface area contributed by atoms with E-state index in [1.807, 2.05) is 18.7 Å². The molecule has 1 fully saturated rings. The Morgan fingerprint density at radius 1 is 1.50 bits per heavy atom. The Morgan fingerprint density at radius 3 is 2.95 bits per heavy atom. The molecule has 1 saturated heterocycles. The predicted octanol–water partition coefficient (Wildman–Crippen LogP) is 0.0169. The van der Waals surface area contributed by atoms with Crippen LogP contribution in [0.5, 0.6) is 0 Å². The number of hydrogen-bond donors (Lipinski definition) is 2.